The Hall–Kier alpha value is -2.81. The summed E-state index contributed by atoms with van der Waals surface area (Å²) >= 11 is 8.56. The second-order valence-electron chi connectivity index (χ2n) is 6.24. The fourth-order valence-corrected chi connectivity index (χ4v) is 4.20. The summed E-state index contributed by atoms with van der Waals surface area (Å²) in [6, 6.07) is 15.4. The van der Waals surface area contributed by atoms with Gasteiger partial charge in [-0.05, 0) is 43.3 Å². The number of hydrogen-bond acceptors (Lipinski definition) is 7. The minimum Gasteiger partial charge on any atom is -0.380 e. The largest absolute Gasteiger partial charge is 0.380 e. The normalized spacial score (nSPS) is 10.7. The van der Waals surface area contributed by atoms with Gasteiger partial charge >= 0.3 is 0 Å². The van der Waals surface area contributed by atoms with Crippen LogP contribution in [0.2, 0.25) is 4.47 Å². The van der Waals surface area contributed by atoms with Crippen molar-refractivity contribution in [1.29, 1.82) is 0 Å². The lowest BCUT2D eigenvalue weighted by molar-refractivity contribution is 0.102. The van der Waals surface area contributed by atoms with Crippen LogP contribution in [0.1, 0.15) is 20.2 Å². The number of nitrogens with zero attached hydrogens (tertiary/aromatic N) is 3. The zero-order valence-electron chi connectivity index (χ0n) is 15.3. The lowest BCUT2D eigenvalue weighted by Gasteiger charge is -2.05. The molecule has 29 heavy (non-hydrogen) atoms. The Morgan fingerprint density at radius 3 is 2.41 bits per heavy atom. The van der Waals surface area contributed by atoms with Crippen molar-refractivity contribution < 1.29 is 4.79 Å². The van der Waals surface area contributed by atoms with Crippen LogP contribution in [-0.4, -0.2) is 21.1 Å². The monoisotopic (exact) mass is 441 g/mol. The average molecular weight is 442 g/mol. The maximum absolute atomic E-state index is 12.4. The number of aromatic nitrogens is 3. The second-order valence-corrected chi connectivity index (χ2v) is 8.92. The van der Waals surface area contributed by atoms with Crippen LogP contribution in [0.5, 0.6) is 0 Å². The van der Waals surface area contributed by atoms with Gasteiger partial charge in [0.25, 0.3) is 5.91 Å². The molecule has 0 radical (unpaired) electrons. The Morgan fingerprint density at radius 1 is 1.00 bits per heavy atom. The van der Waals surface area contributed by atoms with Crippen LogP contribution in [0.3, 0.4) is 0 Å². The third kappa shape index (κ3) is 4.97. The highest BCUT2D eigenvalue weighted by molar-refractivity contribution is 7.16. The number of nitrogens with one attached hydrogen (secondary N) is 2. The van der Waals surface area contributed by atoms with Gasteiger partial charge in [0.05, 0.1) is 6.54 Å². The highest BCUT2D eigenvalue weighted by atomic mass is 35.5. The Kier molecular flexibility index (Phi) is 5.84. The molecule has 2 aromatic carbocycles. The highest BCUT2D eigenvalue weighted by Gasteiger charge is 2.14. The molecule has 2 aromatic heterocycles. The quantitative estimate of drug-likeness (QED) is 0.413. The molecule has 0 atom stereocenters. The number of halogens is 1. The highest BCUT2D eigenvalue weighted by Crippen LogP contribution is 2.26. The number of anilines is 2. The first-order valence-electron chi connectivity index (χ1n) is 8.73. The van der Waals surface area contributed by atoms with Gasteiger partial charge < -0.3 is 10.6 Å². The van der Waals surface area contributed by atoms with Crippen LogP contribution in [0, 0.1) is 6.92 Å². The summed E-state index contributed by atoms with van der Waals surface area (Å²) in [7, 11) is 0. The molecule has 0 saturated heterocycles. The summed E-state index contributed by atoms with van der Waals surface area (Å²) in [4.78, 5) is 17.5. The Balaban J connectivity index is 1.39. The fraction of sp³-hybridized carbons (Fsp3) is 0.100. The van der Waals surface area contributed by atoms with Gasteiger partial charge in [-0.2, -0.15) is 0 Å². The average Bonchev–Trinajstić information content (AvgIpc) is 3.38. The van der Waals surface area contributed by atoms with Crippen molar-refractivity contribution in [2.75, 3.05) is 10.6 Å². The van der Waals surface area contributed by atoms with Gasteiger partial charge in [0.15, 0.2) is 4.47 Å². The molecular formula is C20H16ClN5OS2. The molecule has 0 spiro atoms. The number of aryl methyl sites for hydroxylation is 1. The lowest BCUT2D eigenvalue weighted by Crippen LogP contribution is -2.11. The molecule has 2 heterocycles. The van der Waals surface area contributed by atoms with Gasteiger partial charge in [-0.15, -0.1) is 21.5 Å². The molecule has 0 saturated carbocycles. The van der Waals surface area contributed by atoms with Gasteiger partial charge in [-0.25, -0.2) is 4.98 Å². The Morgan fingerprint density at radius 2 is 1.72 bits per heavy atom. The van der Waals surface area contributed by atoms with Crippen molar-refractivity contribution in [3.05, 3.63) is 74.6 Å². The standard InChI is InChI=1S/C20H16ClN5OS2/c1-12-2-6-15(7-3-12)24-17(27)19-26-25-18(29-19)13-4-8-14(9-5-13)22-10-16-11-23-20(21)28-16/h2-9,11,22H,10H2,1H3,(H,24,27). The minimum absolute atomic E-state index is 0.265. The number of amides is 1. The van der Waals surface area contributed by atoms with Crippen molar-refractivity contribution in [1.82, 2.24) is 15.2 Å². The molecule has 0 fully saturated rings. The van der Waals surface area contributed by atoms with E-state index in [2.05, 4.69) is 25.8 Å². The predicted molar refractivity (Wildman–Crippen MR) is 119 cm³/mol. The van der Waals surface area contributed by atoms with Crippen LogP contribution in [0.15, 0.2) is 54.7 Å². The summed E-state index contributed by atoms with van der Waals surface area (Å²) in [6.45, 7) is 2.66. The molecule has 4 aromatic rings. The molecule has 2 N–H and O–H groups in total. The van der Waals surface area contributed by atoms with Gasteiger partial charge in [-0.1, -0.05) is 40.6 Å². The summed E-state index contributed by atoms with van der Waals surface area (Å²) in [6.07, 6.45) is 1.76. The van der Waals surface area contributed by atoms with E-state index in [9.17, 15) is 4.79 Å². The SMILES string of the molecule is Cc1ccc(NC(=O)c2nnc(-c3ccc(NCc4cnc(Cl)s4)cc3)s2)cc1. The van der Waals surface area contributed by atoms with Gasteiger partial charge in [0, 0.05) is 28.0 Å². The third-order valence-corrected chi connectivity index (χ3v) is 6.14. The van der Waals surface area contributed by atoms with E-state index in [1.165, 1.54) is 22.7 Å². The van der Waals surface area contributed by atoms with E-state index in [4.69, 9.17) is 11.6 Å². The van der Waals surface area contributed by atoms with Gasteiger partial charge in [0.2, 0.25) is 5.01 Å². The molecule has 6 nitrogen and oxygen atoms in total. The van der Waals surface area contributed by atoms with Crippen molar-refractivity contribution in [3.8, 4) is 10.6 Å². The molecule has 0 aliphatic carbocycles. The van der Waals surface area contributed by atoms with Crippen LogP contribution < -0.4 is 10.6 Å². The second kappa shape index (κ2) is 8.69. The first kappa shape index (κ1) is 19.5. The Labute approximate surface area is 180 Å². The third-order valence-electron chi connectivity index (χ3n) is 4.05. The summed E-state index contributed by atoms with van der Waals surface area (Å²) in [5.41, 5.74) is 3.74. The fourth-order valence-electron chi connectivity index (χ4n) is 2.54. The summed E-state index contributed by atoms with van der Waals surface area (Å²) in [5.74, 6) is -0.265. The predicted octanol–water partition coefficient (Wildman–Crippen LogP) is 5.49. The Bertz CT molecular complexity index is 1120. The van der Waals surface area contributed by atoms with Crippen molar-refractivity contribution in [2.24, 2.45) is 0 Å². The zero-order valence-corrected chi connectivity index (χ0v) is 17.7. The van der Waals surface area contributed by atoms with E-state index in [0.29, 0.717) is 21.0 Å². The van der Waals surface area contributed by atoms with Crippen LogP contribution >= 0.6 is 34.3 Å². The molecule has 9 heteroatoms. The number of benzene rings is 2. The molecule has 0 unspecified atom stereocenters. The first-order chi connectivity index (χ1) is 14.1. The molecule has 0 aliphatic heterocycles. The summed E-state index contributed by atoms with van der Waals surface area (Å²) < 4.78 is 0.538. The van der Waals surface area contributed by atoms with Crippen LogP contribution in [0.4, 0.5) is 11.4 Å². The number of carbonyl (C=O) groups excluding carboxylic acids is 1. The maximum atomic E-state index is 12.4. The summed E-state index contributed by atoms with van der Waals surface area (Å²) in [5, 5.41) is 15.4. The molecule has 1 amide bonds. The number of carbonyl (C=O) groups is 1. The first-order valence-corrected chi connectivity index (χ1v) is 10.7. The number of rotatable bonds is 6. The van der Waals surface area contributed by atoms with Gasteiger partial charge in [0.1, 0.15) is 5.01 Å². The van der Waals surface area contributed by atoms with Crippen molar-refractivity contribution in [3.63, 3.8) is 0 Å². The van der Waals surface area contributed by atoms with E-state index in [0.717, 1.165) is 27.4 Å². The van der Waals surface area contributed by atoms with E-state index in [-0.39, 0.29) is 5.91 Å². The van der Waals surface area contributed by atoms with E-state index in [1.54, 1.807) is 6.20 Å². The maximum Gasteiger partial charge on any atom is 0.286 e. The van der Waals surface area contributed by atoms with E-state index in [1.807, 2.05) is 55.5 Å². The van der Waals surface area contributed by atoms with Crippen molar-refractivity contribution in [2.45, 2.75) is 13.5 Å². The van der Waals surface area contributed by atoms with Gasteiger partial charge in [-0.3, -0.25) is 4.79 Å². The smallest absolute Gasteiger partial charge is 0.286 e. The number of thiazole rings is 1. The van der Waals surface area contributed by atoms with Crippen molar-refractivity contribution >= 4 is 51.6 Å². The minimum atomic E-state index is -0.265. The van der Waals surface area contributed by atoms with Crippen LogP contribution in [-0.2, 0) is 6.54 Å². The molecular weight excluding hydrogens is 426 g/mol. The molecule has 0 aliphatic rings. The molecule has 146 valence electrons. The number of hydrogen-bond donors (Lipinski definition) is 2. The molecule has 4 rings (SSSR count). The van der Waals surface area contributed by atoms with Crippen LogP contribution in [0.25, 0.3) is 10.6 Å². The topological polar surface area (TPSA) is 79.8 Å². The van der Waals surface area contributed by atoms with E-state index < -0.39 is 0 Å². The van der Waals surface area contributed by atoms with E-state index >= 15 is 0 Å². The molecule has 0 bridgehead atoms. The lowest BCUT2D eigenvalue weighted by atomic mass is 10.2. The zero-order chi connectivity index (χ0) is 20.2.